The SMILES string of the molecule is C=CC(=O)OC(CCCOC(=O)C(=C)C)C(CC)CCCC. The number of hydrogen-bond donors (Lipinski definition) is 0. The van der Waals surface area contributed by atoms with Crippen molar-refractivity contribution >= 4 is 11.9 Å². The Morgan fingerprint density at radius 3 is 2.36 bits per heavy atom. The fourth-order valence-electron chi connectivity index (χ4n) is 2.28. The van der Waals surface area contributed by atoms with Crippen LogP contribution in [0.4, 0.5) is 0 Å². The van der Waals surface area contributed by atoms with Crippen LogP contribution in [0.15, 0.2) is 24.8 Å². The van der Waals surface area contributed by atoms with Crippen LogP contribution < -0.4 is 0 Å². The minimum Gasteiger partial charge on any atom is -0.462 e. The second-order valence-corrected chi connectivity index (χ2v) is 5.55. The van der Waals surface area contributed by atoms with Crippen molar-refractivity contribution in [2.24, 2.45) is 5.92 Å². The summed E-state index contributed by atoms with van der Waals surface area (Å²) in [5.41, 5.74) is 0.393. The number of rotatable bonds is 12. The van der Waals surface area contributed by atoms with Gasteiger partial charge in [0, 0.05) is 11.6 Å². The van der Waals surface area contributed by atoms with E-state index in [2.05, 4.69) is 27.0 Å². The summed E-state index contributed by atoms with van der Waals surface area (Å²) in [4.78, 5) is 22.8. The highest BCUT2D eigenvalue weighted by molar-refractivity contribution is 5.86. The molecule has 0 radical (unpaired) electrons. The zero-order valence-electron chi connectivity index (χ0n) is 14.2. The van der Waals surface area contributed by atoms with Crippen LogP contribution >= 0.6 is 0 Å². The van der Waals surface area contributed by atoms with Crippen molar-refractivity contribution in [1.82, 2.24) is 0 Å². The number of unbranched alkanes of at least 4 members (excludes halogenated alkanes) is 1. The van der Waals surface area contributed by atoms with E-state index in [1.807, 2.05) is 0 Å². The van der Waals surface area contributed by atoms with Gasteiger partial charge in [-0.3, -0.25) is 0 Å². The molecule has 22 heavy (non-hydrogen) atoms. The van der Waals surface area contributed by atoms with E-state index in [0.717, 1.165) is 25.7 Å². The summed E-state index contributed by atoms with van der Waals surface area (Å²) in [6, 6.07) is 0. The highest BCUT2D eigenvalue weighted by Gasteiger charge is 2.22. The first-order chi connectivity index (χ1) is 10.5. The zero-order chi connectivity index (χ0) is 17.0. The Balaban J connectivity index is 4.44. The first-order valence-corrected chi connectivity index (χ1v) is 8.11. The van der Waals surface area contributed by atoms with Crippen LogP contribution in [0.25, 0.3) is 0 Å². The van der Waals surface area contributed by atoms with E-state index in [1.165, 1.54) is 6.08 Å². The molecule has 0 rings (SSSR count). The second kappa shape index (κ2) is 12.0. The molecule has 0 fully saturated rings. The average molecular weight is 310 g/mol. The van der Waals surface area contributed by atoms with Gasteiger partial charge in [0.05, 0.1) is 6.61 Å². The molecule has 0 N–H and O–H groups in total. The average Bonchev–Trinajstić information content (AvgIpc) is 2.50. The predicted molar refractivity (Wildman–Crippen MR) is 88.4 cm³/mol. The Hall–Kier alpha value is -1.58. The topological polar surface area (TPSA) is 52.6 Å². The molecule has 4 heteroatoms. The molecule has 0 aromatic carbocycles. The fraction of sp³-hybridized carbons (Fsp3) is 0.667. The lowest BCUT2D eigenvalue weighted by atomic mass is 9.90. The molecule has 4 nitrogen and oxygen atoms in total. The highest BCUT2D eigenvalue weighted by atomic mass is 16.5. The third-order valence-corrected chi connectivity index (χ3v) is 3.63. The summed E-state index contributed by atoms with van der Waals surface area (Å²) in [6.07, 6.45) is 6.63. The van der Waals surface area contributed by atoms with Crippen LogP contribution in [0.2, 0.25) is 0 Å². The van der Waals surface area contributed by atoms with Gasteiger partial charge in [-0.05, 0) is 38.5 Å². The van der Waals surface area contributed by atoms with Gasteiger partial charge < -0.3 is 9.47 Å². The number of carbonyl (C=O) groups excluding carboxylic acids is 2. The van der Waals surface area contributed by atoms with Crippen LogP contribution in [-0.4, -0.2) is 24.6 Å². The Bertz CT molecular complexity index is 373. The first kappa shape index (κ1) is 20.4. The normalized spacial score (nSPS) is 13.0. The second-order valence-electron chi connectivity index (χ2n) is 5.55. The quantitative estimate of drug-likeness (QED) is 0.308. The molecule has 0 amide bonds. The summed E-state index contributed by atoms with van der Waals surface area (Å²) < 4.78 is 10.6. The van der Waals surface area contributed by atoms with E-state index in [0.29, 0.717) is 30.9 Å². The molecule has 0 aliphatic rings. The van der Waals surface area contributed by atoms with Crippen molar-refractivity contribution < 1.29 is 19.1 Å². The van der Waals surface area contributed by atoms with Crippen molar-refractivity contribution in [3.63, 3.8) is 0 Å². The molecule has 0 aromatic heterocycles. The number of hydrogen-bond acceptors (Lipinski definition) is 4. The molecule has 0 heterocycles. The lowest BCUT2D eigenvalue weighted by molar-refractivity contribution is -0.147. The Morgan fingerprint density at radius 2 is 1.86 bits per heavy atom. The van der Waals surface area contributed by atoms with Gasteiger partial charge in [-0.25, -0.2) is 9.59 Å². The first-order valence-electron chi connectivity index (χ1n) is 8.11. The summed E-state index contributed by atoms with van der Waals surface area (Å²) >= 11 is 0. The monoisotopic (exact) mass is 310 g/mol. The van der Waals surface area contributed by atoms with Crippen molar-refractivity contribution in [3.8, 4) is 0 Å². The van der Waals surface area contributed by atoms with Crippen molar-refractivity contribution in [2.45, 2.75) is 65.4 Å². The molecule has 2 unspecified atom stereocenters. The Kier molecular flexibility index (Phi) is 11.2. The molecule has 0 spiro atoms. The highest BCUT2D eigenvalue weighted by Crippen LogP contribution is 2.23. The summed E-state index contributed by atoms with van der Waals surface area (Å²) in [6.45, 7) is 13.2. The van der Waals surface area contributed by atoms with Crippen LogP contribution in [0.1, 0.15) is 59.3 Å². The third-order valence-electron chi connectivity index (χ3n) is 3.63. The molecule has 0 aromatic rings. The summed E-state index contributed by atoms with van der Waals surface area (Å²) in [5, 5.41) is 0. The number of ether oxygens (including phenoxy) is 2. The van der Waals surface area contributed by atoms with Gasteiger partial charge in [-0.1, -0.05) is 39.8 Å². The standard InChI is InChI=1S/C18H30O4/c1-6-9-11-15(7-2)16(22-17(19)8-3)12-10-13-21-18(20)14(4)5/h8,15-16H,3-4,6-7,9-13H2,1-2,5H3. The van der Waals surface area contributed by atoms with E-state index >= 15 is 0 Å². The van der Waals surface area contributed by atoms with Gasteiger partial charge in [-0.15, -0.1) is 0 Å². The molecular formula is C18H30O4. The van der Waals surface area contributed by atoms with E-state index < -0.39 is 0 Å². The van der Waals surface area contributed by atoms with Gasteiger partial charge in [-0.2, -0.15) is 0 Å². The van der Waals surface area contributed by atoms with E-state index in [-0.39, 0.29) is 18.0 Å². The molecule has 126 valence electrons. The van der Waals surface area contributed by atoms with Crippen LogP contribution in [0, 0.1) is 5.92 Å². The maximum atomic E-state index is 11.5. The summed E-state index contributed by atoms with van der Waals surface area (Å²) in [5.74, 6) is -0.433. The predicted octanol–water partition coefficient (Wildman–Crippen LogP) is 4.20. The Morgan fingerprint density at radius 1 is 1.18 bits per heavy atom. The van der Waals surface area contributed by atoms with Crippen molar-refractivity contribution in [3.05, 3.63) is 24.8 Å². The van der Waals surface area contributed by atoms with Gasteiger partial charge >= 0.3 is 11.9 Å². The van der Waals surface area contributed by atoms with Gasteiger partial charge in [0.25, 0.3) is 0 Å². The molecule has 0 aliphatic carbocycles. The molecule has 0 bridgehead atoms. The van der Waals surface area contributed by atoms with Gasteiger partial charge in [0.1, 0.15) is 6.10 Å². The lowest BCUT2D eigenvalue weighted by Crippen LogP contribution is -2.27. The summed E-state index contributed by atoms with van der Waals surface area (Å²) in [7, 11) is 0. The lowest BCUT2D eigenvalue weighted by Gasteiger charge is -2.26. The Labute approximate surface area is 134 Å². The molecular weight excluding hydrogens is 280 g/mol. The van der Waals surface area contributed by atoms with Crippen LogP contribution in [-0.2, 0) is 19.1 Å². The van der Waals surface area contributed by atoms with Crippen LogP contribution in [0.5, 0.6) is 0 Å². The minimum absolute atomic E-state index is 0.148. The van der Waals surface area contributed by atoms with Crippen molar-refractivity contribution in [2.75, 3.05) is 6.61 Å². The fourth-order valence-corrected chi connectivity index (χ4v) is 2.28. The smallest absolute Gasteiger partial charge is 0.333 e. The number of esters is 2. The minimum atomic E-state index is -0.390. The van der Waals surface area contributed by atoms with Crippen LogP contribution in [0.3, 0.4) is 0 Å². The number of carbonyl (C=O) groups is 2. The van der Waals surface area contributed by atoms with Gasteiger partial charge in [0.2, 0.25) is 0 Å². The maximum absolute atomic E-state index is 11.5. The molecule has 2 atom stereocenters. The maximum Gasteiger partial charge on any atom is 0.333 e. The van der Waals surface area contributed by atoms with E-state index in [4.69, 9.17) is 9.47 Å². The van der Waals surface area contributed by atoms with Gasteiger partial charge in [0.15, 0.2) is 0 Å². The van der Waals surface area contributed by atoms with E-state index in [1.54, 1.807) is 6.92 Å². The largest absolute Gasteiger partial charge is 0.462 e. The molecule has 0 aliphatic heterocycles. The molecule has 0 saturated heterocycles. The third kappa shape index (κ3) is 8.65. The zero-order valence-corrected chi connectivity index (χ0v) is 14.2. The van der Waals surface area contributed by atoms with Crippen molar-refractivity contribution in [1.29, 1.82) is 0 Å². The molecule has 0 saturated carbocycles. The van der Waals surface area contributed by atoms with E-state index in [9.17, 15) is 9.59 Å².